The van der Waals surface area contributed by atoms with E-state index in [1.54, 1.807) is 6.92 Å². The predicted octanol–water partition coefficient (Wildman–Crippen LogP) is 4.93. The van der Waals surface area contributed by atoms with E-state index in [-0.39, 0.29) is 35.7 Å². The molecule has 0 heterocycles. The maximum Gasteiger partial charge on any atom is 0.306 e. The van der Waals surface area contributed by atoms with Crippen molar-refractivity contribution in [1.29, 1.82) is 0 Å². The van der Waals surface area contributed by atoms with Gasteiger partial charge in [-0.05, 0) is 80.5 Å². The van der Waals surface area contributed by atoms with Gasteiger partial charge in [0.1, 0.15) is 11.9 Å². The quantitative estimate of drug-likeness (QED) is 0.508. The summed E-state index contributed by atoms with van der Waals surface area (Å²) in [5.41, 5.74) is 1.78. The van der Waals surface area contributed by atoms with Gasteiger partial charge in [-0.1, -0.05) is 25.5 Å². The third-order valence-electron chi connectivity index (χ3n) is 9.39. The minimum atomic E-state index is -0.965. The molecule has 166 valence electrons. The molecule has 4 rings (SSSR count). The lowest BCUT2D eigenvalue weighted by Crippen LogP contribution is -2.51. The molecular formula is C25H36O5. The van der Waals surface area contributed by atoms with Crippen LogP contribution in [0.5, 0.6) is 0 Å². The van der Waals surface area contributed by atoms with Gasteiger partial charge < -0.3 is 9.84 Å². The number of carbonyl (C=O) groups is 3. The summed E-state index contributed by atoms with van der Waals surface area (Å²) in [6.07, 6.45) is 10.4. The van der Waals surface area contributed by atoms with Gasteiger partial charge in [0, 0.05) is 12.3 Å². The highest BCUT2D eigenvalue weighted by molar-refractivity contribution is 5.79. The zero-order valence-corrected chi connectivity index (χ0v) is 18.6. The van der Waals surface area contributed by atoms with Crippen molar-refractivity contribution in [2.24, 2.45) is 34.5 Å². The molecule has 0 spiro atoms. The lowest BCUT2D eigenvalue weighted by Gasteiger charge is -2.58. The van der Waals surface area contributed by atoms with E-state index in [9.17, 15) is 14.4 Å². The van der Waals surface area contributed by atoms with E-state index in [0.717, 1.165) is 38.5 Å². The van der Waals surface area contributed by atoms with Crippen molar-refractivity contribution in [2.75, 3.05) is 0 Å². The normalized spacial score (nSPS) is 42.4. The SMILES string of the molecule is CC(=O)[C@H]1CCC2C3CC=C4C[C@@H](OC(=O)CCC(=O)O)CC[C@]4(C)C3CC[C@@]21C. The Hall–Kier alpha value is -1.65. The van der Waals surface area contributed by atoms with Crippen molar-refractivity contribution in [3.8, 4) is 0 Å². The largest absolute Gasteiger partial charge is 0.481 e. The maximum atomic E-state index is 12.3. The number of fused-ring (bicyclic) bond motifs is 5. The molecule has 30 heavy (non-hydrogen) atoms. The first-order chi connectivity index (χ1) is 14.1. The maximum absolute atomic E-state index is 12.3. The molecule has 5 heteroatoms. The van der Waals surface area contributed by atoms with Crippen LogP contribution >= 0.6 is 0 Å². The minimum Gasteiger partial charge on any atom is -0.481 e. The zero-order valence-electron chi connectivity index (χ0n) is 18.6. The topological polar surface area (TPSA) is 80.7 Å². The van der Waals surface area contributed by atoms with E-state index in [1.807, 2.05) is 0 Å². The number of rotatable bonds is 5. The summed E-state index contributed by atoms with van der Waals surface area (Å²) in [5, 5.41) is 8.76. The number of hydrogen-bond acceptors (Lipinski definition) is 4. The first kappa shape index (κ1) is 21.6. The molecule has 0 amide bonds. The van der Waals surface area contributed by atoms with E-state index in [0.29, 0.717) is 23.5 Å². The molecule has 0 aromatic heterocycles. The number of aliphatic carboxylic acids is 1. The third-order valence-corrected chi connectivity index (χ3v) is 9.39. The number of carboxylic acid groups (broad SMARTS) is 1. The molecule has 0 bridgehead atoms. The lowest BCUT2D eigenvalue weighted by atomic mass is 9.47. The molecule has 4 aliphatic rings. The van der Waals surface area contributed by atoms with Crippen LogP contribution in [0.1, 0.15) is 85.0 Å². The number of allylic oxidation sites excluding steroid dienone is 1. The smallest absolute Gasteiger partial charge is 0.306 e. The Bertz CT molecular complexity index is 770. The summed E-state index contributed by atoms with van der Waals surface area (Å²) in [6.45, 7) is 6.57. The molecule has 0 radical (unpaired) electrons. The Morgan fingerprint density at radius 2 is 1.83 bits per heavy atom. The van der Waals surface area contributed by atoms with Crippen molar-refractivity contribution < 1.29 is 24.2 Å². The van der Waals surface area contributed by atoms with Crippen LogP contribution in [0.3, 0.4) is 0 Å². The van der Waals surface area contributed by atoms with Crippen molar-refractivity contribution in [1.82, 2.24) is 0 Å². The summed E-state index contributed by atoms with van der Waals surface area (Å²) in [4.78, 5) is 35.0. The number of Topliss-reactive ketones (excluding diaryl/α,β-unsaturated/α-hetero) is 1. The van der Waals surface area contributed by atoms with E-state index >= 15 is 0 Å². The van der Waals surface area contributed by atoms with Crippen molar-refractivity contribution in [2.45, 2.75) is 91.1 Å². The minimum absolute atomic E-state index is 0.0512. The van der Waals surface area contributed by atoms with Crippen molar-refractivity contribution in [3.05, 3.63) is 11.6 Å². The van der Waals surface area contributed by atoms with Gasteiger partial charge in [-0.2, -0.15) is 0 Å². The van der Waals surface area contributed by atoms with Gasteiger partial charge in [0.2, 0.25) is 0 Å². The standard InChI is InChI=1S/C25H36O5/c1-15(26)19-6-7-20-18-5-4-16-14-17(30-23(29)9-8-22(27)28)10-12-24(16,2)21(18)11-13-25(19,20)3/h4,17-21H,5-14H2,1-3H3,(H,27,28)/t17-,18?,19+,20?,21?,24-,25+/m0/s1. The van der Waals surface area contributed by atoms with Crippen LogP contribution in [0, 0.1) is 34.5 Å². The summed E-state index contributed by atoms with van der Waals surface area (Å²) in [7, 11) is 0. The second-order valence-electron chi connectivity index (χ2n) is 10.8. The molecule has 3 saturated carbocycles. The fourth-order valence-electron chi connectivity index (χ4n) is 7.85. The van der Waals surface area contributed by atoms with Gasteiger partial charge >= 0.3 is 11.9 Å². The first-order valence-electron chi connectivity index (χ1n) is 11.8. The highest BCUT2D eigenvalue weighted by Crippen LogP contribution is 2.66. The average molecular weight is 417 g/mol. The second kappa shape index (κ2) is 7.80. The summed E-state index contributed by atoms with van der Waals surface area (Å²) >= 11 is 0. The van der Waals surface area contributed by atoms with Gasteiger partial charge in [0.15, 0.2) is 0 Å². The molecule has 7 atom stereocenters. The van der Waals surface area contributed by atoms with Crippen molar-refractivity contribution >= 4 is 17.7 Å². The molecule has 0 aromatic carbocycles. The lowest BCUT2D eigenvalue weighted by molar-refractivity contribution is -0.154. The van der Waals surface area contributed by atoms with E-state index in [4.69, 9.17) is 9.84 Å². The Balaban J connectivity index is 1.46. The average Bonchev–Trinajstić information content (AvgIpc) is 3.04. The molecule has 3 unspecified atom stereocenters. The number of ether oxygens (including phenoxy) is 1. The van der Waals surface area contributed by atoms with E-state index in [1.165, 1.54) is 18.4 Å². The van der Waals surface area contributed by atoms with Gasteiger partial charge in [-0.15, -0.1) is 0 Å². The van der Waals surface area contributed by atoms with Crippen molar-refractivity contribution in [3.63, 3.8) is 0 Å². The highest BCUT2D eigenvalue weighted by atomic mass is 16.5. The Kier molecular flexibility index (Phi) is 5.61. The fraction of sp³-hybridized carbons (Fsp3) is 0.800. The third kappa shape index (κ3) is 3.52. The first-order valence-corrected chi connectivity index (χ1v) is 11.8. The molecule has 5 nitrogen and oxygen atoms in total. The van der Waals surface area contributed by atoms with Gasteiger partial charge in [-0.3, -0.25) is 14.4 Å². The molecule has 0 aromatic rings. The van der Waals surface area contributed by atoms with Gasteiger partial charge in [0.05, 0.1) is 12.8 Å². The predicted molar refractivity (Wildman–Crippen MR) is 113 cm³/mol. The number of esters is 1. The molecule has 0 aliphatic heterocycles. The number of ketones is 1. The second-order valence-corrected chi connectivity index (χ2v) is 10.8. The number of hydrogen-bond donors (Lipinski definition) is 1. The molecule has 0 saturated heterocycles. The summed E-state index contributed by atoms with van der Waals surface area (Å²) in [6, 6.07) is 0. The van der Waals surface area contributed by atoms with Gasteiger partial charge in [-0.25, -0.2) is 0 Å². The zero-order chi connectivity index (χ0) is 21.7. The number of carbonyl (C=O) groups excluding carboxylic acids is 2. The molecular weight excluding hydrogens is 380 g/mol. The molecule has 3 fully saturated rings. The fourth-order valence-corrected chi connectivity index (χ4v) is 7.85. The highest BCUT2D eigenvalue weighted by Gasteiger charge is 2.59. The molecule has 4 aliphatic carbocycles. The van der Waals surface area contributed by atoms with Crippen LogP contribution in [-0.2, 0) is 19.1 Å². The Morgan fingerprint density at radius 1 is 1.07 bits per heavy atom. The Labute approximate surface area is 179 Å². The van der Waals surface area contributed by atoms with Crippen LogP contribution in [0.25, 0.3) is 0 Å². The summed E-state index contributed by atoms with van der Waals surface area (Å²) < 4.78 is 5.62. The van der Waals surface area contributed by atoms with E-state index in [2.05, 4.69) is 19.9 Å². The van der Waals surface area contributed by atoms with Crippen LogP contribution in [0.15, 0.2) is 11.6 Å². The Morgan fingerprint density at radius 3 is 2.53 bits per heavy atom. The molecule has 1 N–H and O–H groups in total. The summed E-state index contributed by atoms with van der Waals surface area (Å²) in [5.74, 6) is 1.22. The monoisotopic (exact) mass is 416 g/mol. The number of carboxylic acids is 1. The van der Waals surface area contributed by atoms with Crippen LogP contribution < -0.4 is 0 Å². The van der Waals surface area contributed by atoms with E-state index < -0.39 is 11.9 Å². The van der Waals surface area contributed by atoms with Crippen LogP contribution in [0.2, 0.25) is 0 Å². The van der Waals surface area contributed by atoms with Crippen LogP contribution in [0.4, 0.5) is 0 Å². The van der Waals surface area contributed by atoms with Gasteiger partial charge in [0.25, 0.3) is 0 Å². The van der Waals surface area contributed by atoms with Crippen LogP contribution in [-0.4, -0.2) is 28.9 Å².